The highest BCUT2D eigenvalue weighted by molar-refractivity contribution is 7.09. The number of rotatable bonds is 5. The highest BCUT2D eigenvalue weighted by Gasteiger charge is 2.18. The molecule has 2 N–H and O–H groups in total. The van der Waals surface area contributed by atoms with Gasteiger partial charge in [0.25, 0.3) is 0 Å². The van der Waals surface area contributed by atoms with Gasteiger partial charge >= 0.3 is 0 Å². The Bertz CT molecular complexity index is 361. The van der Waals surface area contributed by atoms with E-state index in [0.717, 1.165) is 10.7 Å². The van der Waals surface area contributed by atoms with Crippen molar-refractivity contribution in [2.75, 3.05) is 6.54 Å². The number of carbonyl (C=O) groups excluding carboxylic acids is 1. The third-order valence-corrected chi connectivity index (χ3v) is 3.26. The van der Waals surface area contributed by atoms with Crippen LogP contribution in [0.5, 0.6) is 0 Å². The zero-order valence-electron chi connectivity index (χ0n) is 9.91. The Balaban J connectivity index is 2.37. The van der Waals surface area contributed by atoms with Gasteiger partial charge in [0, 0.05) is 11.9 Å². The molecule has 0 saturated heterocycles. The van der Waals surface area contributed by atoms with Crippen LogP contribution >= 0.6 is 11.3 Å². The number of thiazole rings is 1. The normalized spacial score (nSPS) is 14.5. The van der Waals surface area contributed by atoms with Crippen LogP contribution < -0.4 is 5.32 Å². The molecule has 0 radical (unpaired) electrons. The minimum absolute atomic E-state index is 0.0981. The smallest absolute Gasteiger partial charge is 0.226 e. The van der Waals surface area contributed by atoms with Crippen LogP contribution in [0.4, 0.5) is 0 Å². The second kappa shape index (κ2) is 5.41. The number of carbonyl (C=O) groups is 1. The first-order chi connectivity index (χ1) is 7.43. The van der Waals surface area contributed by atoms with Crippen molar-refractivity contribution in [2.24, 2.45) is 0 Å². The number of hydrogen-bond donors (Lipinski definition) is 2. The van der Waals surface area contributed by atoms with Gasteiger partial charge in [-0.1, -0.05) is 6.92 Å². The van der Waals surface area contributed by atoms with Crippen LogP contribution in [0.3, 0.4) is 0 Å². The van der Waals surface area contributed by atoms with E-state index in [1.807, 2.05) is 19.2 Å². The summed E-state index contributed by atoms with van der Waals surface area (Å²) in [5, 5.41) is 15.3. The highest BCUT2D eigenvalue weighted by Crippen LogP contribution is 2.09. The van der Waals surface area contributed by atoms with Crippen molar-refractivity contribution in [3.63, 3.8) is 0 Å². The summed E-state index contributed by atoms with van der Waals surface area (Å²) in [6.07, 6.45) is 0.896. The summed E-state index contributed by atoms with van der Waals surface area (Å²) in [5.74, 6) is -0.0981. The van der Waals surface area contributed by atoms with Gasteiger partial charge in [0.2, 0.25) is 5.91 Å². The van der Waals surface area contributed by atoms with Crippen LogP contribution in [-0.4, -0.2) is 28.1 Å². The van der Waals surface area contributed by atoms with Gasteiger partial charge in [-0.05, 0) is 20.3 Å². The summed E-state index contributed by atoms with van der Waals surface area (Å²) in [4.78, 5) is 15.7. The van der Waals surface area contributed by atoms with Crippen LogP contribution in [0.15, 0.2) is 5.38 Å². The maximum absolute atomic E-state index is 11.5. The summed E-state index contributed by atoms with van der Waals surface area (Å²) < 4.78 is 0. The largest absolute Gasteiger partial charge is 0.388 e. The van der Waals surface area contributed by atoms with E-state index in [1.54, 1.807) is 6.92 Å². The molecule has 0 fully saturated rings. The van der Waals surface area contributed by atoms with Gasteiger partial charge in [0.1, 0.15) is 0 Å². The Morgan fingerprint density at radius 3 is 2.88 bits per heavy atom. The van der Waals surface area contributed by atoms with E-state index in [4.69, 9.17) is 0 Å². The predicted molar refractivity (Wildman–Crippen MR) is 64.5 cm³/mol. The molecule has 0 spiro atoms. The lowest BCUT2D eigenvalue weighted by Gasteiger charge is -2.21. The number of aromatic nitrogens is 1. The lowest BCUT2D eigenvalue weighted by Crippen LogP contribution is -2.40. The molecule has 1 unspecified atom stereocenters. The lowest BCUT2D eigenvalue weighted by molar-refractivity contribution is -0.121. The van der Waals surface area contributed by atoms with Crippen molar-refractivity contribution in [1.82, 2.24) is 10.3 Å². The Morgan fingerprint density at radius 2 is 2.38 bits per heavy atom. The van der Waals surface area contributed by atoms with Crippen molar-refractivity contribution in [3.05, 3.63) is 16.1 Å². The molecular formula is C11H18N2O2S. The highest BCUT2D eigenvalue weighted by atomic mass is 32.1. The molecule has 0 aliphatic carbocycles. The molecule has 1 amide bonds. The summed E-state index contributed by atoms with van der Waals surface area (Å²) in [7, 11) is 0. The molecule has 1 atom stereocenters. The number of amides is 1. The van der Waals surface area contributed by atoms with E-state index < -0.39 is 5.60 Å². The fourth-order valence-electron chi connectivity index (χ4n) is 1.13. The van der Waals surface area contributed by atoms with Crippen molar-refractivity contribution in [1.29, 1.82) is 0 Å². The third kappa shape index (κ3) is 4.28. The monoisotopic (exact) mass is 242 g/mol. The predicted octanol–water partition coefficient (Wildman–Crippen LogP) is 1.27. The molecule has 0 aromatic carbocycles. The average molecular weight is 242 g/mol. The summed E-state index contributed by atoms with van der Waals surface area (Å²) in [6.45, 7) is 5.79. The van der Waals surface area contributed by atoms with Gasteiger partial charge in [-0.25, -0.2) is 4.98 Å². The number of hydrogen-bond acceptors (Lipinski definition) is 4. The molecule has 0 saturated carbocycles. The first kappa shape index (κ1) is 13.1. The topological polar surface area (TPSA) is 62.2 Å². The molecule has 0 bridgehead atoms. The molecule has 5 heteroatoms. The third-order valence-electron chi connectivity index (χ3n) is 2.44. The van der Waals surface area contributed by atoms with Crippen molar-refractivity contribution < 1.29 is 9.90 Å². The van der Waals surface area contributed by atoms with Crippen molar-refractivity contribution in [2.45, 2.75) is 39.2 Å². The molecule has 1 rings (SSSR count). The van der Waals surface area contributed by atoms with Crippen molar-refractivity contribution in [3.8, 4) is 0 Å². The van der Waals surface area contributed by atoms with Crippen LogP contribution in [0.1, 0.15) is 31.0 Å². The van der Waals surface area contributed by atoms with E-state index in [1.165, 1.54) is 11.3 Å². The number of aryl methyl sites for hydroxylation is 1. The quantitative estimate of drug-likeness (QED) is 0.817. The maximum Gasteiger partial charge on any atom is 0.226 e. The number of aliphatic hydroxyl groups is 1. The minimum atomic E-state index is -0.826. The van der Waals surface area contributed by atoms with E-state index in [-0.39, 0.29) is 18.9 Å². The minimum Gasteiger partial charge on any atom is -0.388 e. The van der Waals surface area contributed by atoms with Gasteiger partial charge in [-0.3, -0.25) is 4.79 Å². The fourth-order valence-corrected chi connectivity index (χ4v) is 1.74. The van der Waals surface area contributed by atoms with Crippen LogP contribution in [0.25, 0.3) is 0 Å². The fraction of sp³-hybridized carbons (Fsp3) is 0.636. The molecule has 90 valence electrons. The molecule has 0 aliphatic rings. The standard InChI is InChI=1S/C11H18N2O2S/c1-4-11(3,15)7-12-10(14)5-9-6-16-8(2)13-9/h6,15H,4-5,7H2,1-3H3,(H,12,14). The van der Waals surface area contributed by atoms with E-state index in [9.17, 15) is 9.90 Å². The first-order valence-electron chi connectivity index (χ1n) is 5.33. The van der Waals surface area contributed by atoms with Gasteiger partial charge in [0.15, 0.2) is 0 Å². The molecular weight excluding hydrogens is 224 g/mol. The van der Waals surface area contributed by atoms with Crippen molar-refractivity contribution >= 4 is 17.2 Å². The van der Waals surface area contributed by atoms with Gasteiger partial charge in [-0.15, -0.1) is 11.3 Å². The molecule has 1 aromatic heterocycles. The zero-order valence-corrected chi connectivity index (χ0v) is 10.7. The summed E-state index contributed by atoms with van der Waals surface area (Å²) in [5.41, 5.74) is -0.0376. The Hall–Kier alpha value is -0.940. The van der Waals surface area contributed by atoms with Crippen LogP contribution in [-0.2, 0) is 11.2 Å². The summed E-state index contributed by atoms with van der Waals surface area (Å²) in [6, 6.07) is 0. The average Bonchev–Trinajstić information content (AvgIpc) is 2.61. The van der Waals surface area contributed by atoms with Gasteiger partial charge < -0.3 is 10.4 Å². The van der Waals surface area contributed by atoms with E-state index in [0.29, 0.717) is 6.42 Å². The molecule has 16 heavy (non-hydrogen) atoms. The lowest BCUT2D eigenvalue weighted by atomic mass is 10.0. The molecule has 1 aromatic rings. The van der Waals surface area contributed by atoms with Crippen LogP contribution in [0.2, 0.25) is 0 Å². The molecule has 4 nitrogen and oxygen atoms in total. The number of nitrogens with one attached hydrogen (secondary N) is 1. The number of nitrogens with zero attached hydrogens (tertiary/aromatic N) is 1. The first-order valence-corrected chi connectivity index (χ1v) is 6.21. The van der Waals surface area contributed by atoms with E-state index >= 15 is 0 Å². The Labute approximate surface area is 99.7 Å². The van der Waals surface area contributed by atoms with Gasteiger partial charge in [-0.2, -0.15) is 0 Å². The molecule has 1 heterocycles. The van der Waals surface area contributed by atoms with Crippen LogP contribution in [0, 0.1) is 6.92 Å². The Morgan fingerprint density at radius 1 is 1.69 bits per heavy atom. The van der Waals surface area contributed by atoms with E-state index in [2.05, 4.69) is 10.3 Å². The SMILES string of the molecule is CCC(C)(O)CNC(=O)Cc1csc(C)n1. The second-order valence-corrected chi connectivity index (χ2v) is 5.22. The zero-order chi connectivity index (χ0) is 12.2. The Kier molecular flexibility index (Phi) is 4.44. The molecule has 0 aliphatic heterocycles. The maximum atomic E-state index is 11.5. The second-order valence-electron chi connectivity index (χ2n) is 4.16. The summed E-state index contributed by atoms with van der Waals surface area (Å²) >= 11 is 1.53. The van der Waals surface area contributed by atoms with Gasteiger partial charge in [0.05, 0.1) is 22.7 Å².